The molecular formula is C23H22N4O3S. The summed E-state index contributed by atoms with van der Waals surface area (Å²) in [6.07, 6.45) is 2.50. The van der Waals surface area contributed by atoms with Crippen LogP contribution in [0.5, 0.6) is 5.75 Å². The number of anilines is 1. The highest BCUT2D eigenvalue weighted by Crippen LogP contribution is 2.25. The summed E-state index contributed by atoms with van der Waals surface area (Å²) in [6.45, 7) is -0.122. The zero-order chi connectivity index (χ0) is 21.6. The van der Waals surface area contributed by atoms with Crippen LogP contribution in [-0.2, 0) is 11.2 Å². The van der Waals surface area contributed by atoms with E-state index in [2.05, 4.69) is 15.5 Å². The molecule has 31 heavy (non-hydrogen) atoms. The number of ether oxygens (including phenoxy) is 1. The number of aromatic nitrogens is 3. The van der Waals surface area contributed by atoms with Crippen LogP contribution in [0.3, 0.4) is 0 Å². The van der Waals surface area contributed by atoms with Gasteiger partial charge in [-0.05, 0) is 66.8 Å². The number of amides is 1. The van der Waals surface area contributed by atoms with Gasteiger partial charge in [0.05, 0.1) is 0 Å². The Morgan fingerprint density at radius 3 is 2.42 bits per heavy atom. The summed E-state index contributed by atoms with van der Waals surface area (Å²) >= 11 is 1.64. The van der Waals surface area contributed by atoms with E-state index in [1.807, 2.05) is 66.9 Å². The topological polar surface area (TPSA) is 89.3 Å². The minimum absolute atomic E-state index is 0.0336. The number of hydrogen-bond acceptors (Lipinski definition) is 6. The molecule has 3 aromatic carbocycles. The molecule has 4 rings (SSSR count). The van der Waals surface area contributed by atoms with Gasteiger partial charge in [0.1, 0.15) is 22.5 Å². The van der Waals surface area contributed by atoms with Crippen LogP contribution in [0.4, 0.5) is 5.69 Å². The lowest BCUT2D eigenvalue weighted by Gasteiger charge is -2.12. The first-order valence-electron chi connectivity index (χ1n) is 9.79. The number of fused-ring (bicyclic) bond motifs is 1. The average Bonchev–Trinajstić information content (AvgIpc) is 3.23. The largest absolute Gasteiger partial charge is 0.481 e. The van der Waals surface area contributed by atoms with Gasteiger partial charge in [0.15, 0.2) is 6.61 Å². The molecule has 0 aliphatic heterocycles. The third-order valence-electron chi connectivity index (χ3n) is 4.66. The molecule has 7 nitrogen and oxygen atoms in total. The zero-order valence-electron chi connectivity index (χ0n) is 17.0. The Morgan fingerprint density at radius 1 is 1.06 bits per heavy atom. The van der Waals surface area contributed by atoms with Crippen LogP contribution in [0, 0.1) is 0 Å². The molecule has 0 bridgehead atoms. The molecule has 1 amide bonds. The van der Waals surface area contributed by atoms with Crippen molar-refractivity contribution in [1.82, 2.24) is 15.0 Å². The second kappa shape index (κ2) is 9.63. The van der Waals surface area contributed by atoms with Crippen LogP contribution < -0.4 is 10.1 Å². The summed E-state index contributed by atoms with van der Waals surface area (Å²) in [5.41, 5.74) is 3.76. The van der Waals surface area contributed by atoms with E-state index in [9.17, 15) is 9.90 Å². The van der Waals surface area contributed by atoms with Crippen LogP contribution in [-0.4, -0.2) is 45.5 Å². The molecule has 8 heteroatoms. The van der Waals surface area contributed by atoms with E-state index < -0.39 is 0 Å². The second-order valence-electron chi connectivity index (χ2n) is 6.82. The molecule has 0 aliphatic carbocycles. The predicted molar refractivity (Wildman–Crippen MR) is 122 cm³/mol. The first kappa shape index (κ1) is 20.9. The molecule has 0 unspecified atom stereocenters. The number of benzene rings is 3. The van der Waals surface area contributed by atoms with Gasteiger partial charge in [-0.1, -0.05) is 18.2 Å². The van der Waals surface area contributed by atoms with Crippen LogP contribution >= 0.6 is 11.8 Å². The van der Waals surface area contributed by atoms with Gasteiger partial charge < -0.3 is 15.2 Å². The summed E-state index contributed by atoms with van der Waals surface area (Å²) in [7, 11) is 0. The first-order chi connectivity index (χ1) is 15.2. The third-order valence-corrected chi connectivity index (χ3v) is 5.40. The van der Waals surface area contributed by atoms with Gasteiger partial charge in [-0.15, -0.1) is 26.8 Å². The number of thioether (sulfide) groups is 1. The van der Waals surface area contributed by atoms with E-state index >= 15 is 0 Å². The minimum atomic E-state index is -0.263. The number of hydrogen-bond donors (Lipinski definition) is 2. The number of nitrogens with one attached hydrogen (secondary N) is 1. The van der Waals surface area contributed by atoms with Crippen molar-refractivity contribution in [2.75, 3.05) is 24.8 Å². The molecule has 2 N–H and O–H groups in total. The average molecular weight is 435 g/mol. The molecule has 0 spiro atoms. The lowest BCUT2D eigenvalue weighted by molar-refractivity contribution is -0.118. The van der Waals surface area contributed by atoms with Crippen LogP contribution in [0.2, 0.25) is 0 Å². The van der Waals surface area contributed by atoms with Crippen molar-refractivity contribution in [1.29, 1.82) is 0 Å². The molecule has 0 atom stereocenters. The summed E-state index contributed by atoms with van der Waals surface area (Å²) < 4.78 is 5.82. The maximum absolute atomic E-state index is 12.4. The molecule has 4 aromatic rings. The van der Waals surface area contributed by atoms with E-state index in [0.29, 0.717) is 23.5 Å². The molecule has 0 fully saturated rings. The van der Waals surface area contributed by atoms with Gasteiger partial charge in [0.25, 0.3) is 5.91 Å². The lowest BCUT2D eigenvalue weighted by Crippen LogP contribution is -2.20. The van der Waals surface area contributed by atoms with Gasteiger partial charge in [-0.25, -0.2) is 0 Å². The Kier molecular flexibility index (Phi) is 6.49. The smallest absolute Gasteiger partial charge is 0.262 e. The van der Waals surface area contributed by atoms with Crippen LogP contribution in [0.15, 0.2) is 71.6 Å². The van der Waals surface area contributed by atoms with Gasteiger partial charge in [0, 0.05) is 17.2 Å². The Balaban J connectivity index is 1.53. The number of rotatable bonds is 8. The Bertz CT molecular complexity index is 1160. The van der Waals surface area contributed by atoms with E-state index in [-0.39, 0.29) is 19.1 Å². The van der Waals surface area contributed by atoms with Crippen LogP contribution in [0.1, 0.15) is 5.56 Å². The van der Waals surface area contributed by atoms with Crippen molar-refractivity contribution in [3.8, 4) is 11.4 Å². The van der Waals surface area contributed by atoms with E-state index in [1.54, 1.807) is 17.8 Å². The normalized spacial score (nSPS) is 10.9. The SMILES string of the molecule is CSc1ccc(NC(=O)COc2ccc(CCO)cc2-n2nc3ccccc3n2)cc1. The van der Waals surface area contributed by atoms with Crippen molar-refractivity contribution in [2.45, 2.75) is 11.3 Å². The first-order valence-corrected chi connectivity index (χ1v) is 11.0. The van der Waals surface area contributed by atoms with Crippen LogP contribution in [0.25, 0.3) is 16.7 Å². The molecule has 1 aromatic heterocycles. The zero-order valence-corrected chi connectivity index (χ0v) is 17.8. The van der Waals surface area contributed by atoms with Crippen molar-refractivity contribution in [3.63, 3.8) is 0 Å². The maximum Gasteiger partial charge on any atom is 0.262 e. The fourth-order valence-electron chi connectivity index (χ4n) is 3.11. The molecular weight excluding hydrogens is 412 g/mol. The summed E-state index contributed by atoms with van der Waals surface area (Å²) in [6, 6.07) is 20.7. The molecule has 0 saturated heterocycles. The Morgan fingerprint density at radius 2 is 1.77 bits per heavy atom. The van der Waals surface area contributed by atoms with Crippen molar-refractivity contribution < 1.29 is 14.6 Å². The fraction of sp³-hybridized carbons (Fsp3) is 0.174. The van der Waals surface area contributed by atoms with Crippen molar-refractivity contribution in [3.05, 3.63) is 72.3 Å². The molecule has 0 radical (unpaired) electrons. The van der Waals surface area contributed by atoms with Gasteiger partial charge in [-0.2, -0.15) is 0 Å². The number of aliphatic hydroxyl groups excluding tert-OH is 1. The van der Waals surface area contributed by atoms with Gasteiger partial charge in [0.2, 0.25) is 0 Å². The van der Waals surface area contributed by atoms with Gasteiger partial charge >= 0.3 is 0 Å². The summed E-state index contributed by atoms with van der Waals surface area (Å²) in [5.74, 6) is 0.218. The Labute approximate surface area is 184 Å². The quantitative estimate of drug-likeness (QED) is 0.411. The highest BCUT2D eigenvalue weighted by molar-refractivity contribution is 7.98. The number of aliphatic hydroxyl groups is 1. The highest BCUT2D eigenvalue weighted by Gasteiger charge is 2.13. The fourth-order valence-corrected chi connectivity index (χ4v) is 3.52. The predicted octanol–water partition coefficient (Wildman–Crippen LogP) is 3.69. The minimum Gasteiger partial charge on any atom is -0.481 e. The van der Waals surface area contributed by atoms with E-state index in [0.717, 1.165) is 21.5 Å². The number of carbonyl (C=O) groups is 1. The molecule has 158 valence electrons. The monoisotopic (exact) mass is 434 g/mol. The van der Waals surface area contributed by atoms with Crippen molar-refractivity contribution in [2.24, 2.45) is 0 Å². The molecule has 1 heterocycles. The third kappa shape index (κ3) is 5.04. The molecule has 0 aliphatic rings. The Hall–Kier alpha value is -3.36. The highest BCUT2D eigenvalue weighted by atomic mass is 32.2. The van der Waals surface area contributed by atoms with Crippen molar-refractivity contribution >= 4 is 34.4 Å². The second-order valence-corrected chi connectivity index (χ2v) is 7.70. The summed E-state index contributed by atoms with van der Waals surface area (Å²) in [5, 5.41) is 21.2. The lowest BCUT2D eigenvalue weighted by atomic mass is 10.1. The standard InChI is InChI=1S/C23H22N4O3S/c1-31-18-9-7-17(8-10-18)24-23(29)15-30-22-11-6-16(12-13-28)14-21(22)27-25-19-4-2-3-5-20(19)26-27/h2-11,14,28H,12-13,15H2,1H3,(H,24,29). The number of carbonyl (C=O) groups excluding carboxylic acids is 1. The van der Waals surface area contributed by atoms with E-state index in [4.69, 9.17) is 4.74 Å². The molecule has 0 saturated carbocycles. The maximum atomic E-state index is 12.4. The van der Waals surface area contributed by atoms with Gasteiger partial charge in [-0.3, -0.25) is 4.79 Å². The number of nitrogens with zero attached hydrogens (tertiary/aromatic N) is 3. The van der Waals surface area contributed by atoms with E-state index in [1.165, 1.54) is 4.80 Å². The summed E-state index contributed by atoms with van der Waals surface area (Å²) in [4.78, 5) is 15.0.